The van der Waals surface area contributed by atoms with Crippen molar-refractivity contribution >= 4 is 28.8 Å². The average Bonchev–Trinajstić information content (AvgIpc) is 3.31. The van der Waals surface area contributed by atoms with Crippen molar-refractivity contribution in [2.75, 3.05) is 18.4 Å². The van der Waals surface area contributed by atoms with Gasteiger partial charge < -0.3 is 10.2 Å². The van der Waals surface area contributed by atoms with Crippen molar-refractivity contribution in [3.05, 3.63) is 75.7 Å². The predicted octanol–water partition coefficient (Wildman–Crippen LogP) is 4.41. The van der Waals surface area contributed by atoms with Crippen molar-refractivity contribution in [3.8, 4) is 0 Å². The molecule has 166 valence electrons. The lowest BCUT2D eigenvalue weighted by Crippen LogP contribution is -2.38. The minimum absolute atomic E-state index is 0.115. The van der Waals surface area contributed by atoms with Gasteiger partial charge >= 0.3 is 0 Å². The number of nitrogens with one attached hydrogen (secondary N) is 1. The van der Waals surface area contributed by atoms with Gasteiger partial charge in [0, 0.05) is 31.5 Å². The smallest absolute Gasteiger partial charge is 0.286 e. The van der Waals surface area contributed by atoms with Crippen LogP contribution in [0.3, 0.4) is 0 Å². The van der Waals surface area contributed by atoms with E-state index in [0.29, 0.717) is 25.6 Å². The second kappa shape index (κ2) is 9.95. The van der Waals surface area contributed by atoms with Crippen molar-refractivity contribution in [1.82, 2.24) is 15.1 Å². The van der Waals surface area contributed by atoms with Gasteiger partial charge in [-0.3, -0.25) is 9.59 Å². The van der Waals surface area contributed by atoms with Crippen LogP contribution < -0.4 is 5.32 Å². The van der Waals surface area contributed by atoms with Crippen molar-refractivity contribution < 1.29 is 18.4 Å². The van der Waals surface area contributed by atoms with E-state index in [1.54, 1.807) is 0 Å². The van der Waals surface area contributed by atoms with Crippen LogP contribution in [0.4, 0.5) is 14.5 Å². The zero-order valence-corrected chi connectivity index (χ0v) is 18.1. The Bertz CT molecular complexity index is 1100. The lowest BCUT2D eigenvalue weighted by Gasteiger charge is -2.31. The SMILES string of the molecule is O=C(Nc1ccc(F)cc1F)c1nnc(C2CCN(C(=O)CCc3ccccc3)CC2)s1. The Morgan fingerprint density at radius 2 is 1.81 bits per heavy atom. The fourth-order valence-corrected chi connectivity index (χ4v) is 4.60. The summed E-state index contributed by atoms with van der Waals surface area (Å²) in [6.45, 7) is 1.28. The highest BCUT2D eigenvalue weighted by atomic mass is 32.1. The molecule has 2 aromatic carbocycles. The van der Waals surface area contributed by atoms with Gasteiger partial charge in [-0.25, -0.2) is 8.78 Å². The molecule has 2 amide bonds. The molecule has 1 N–H and O–H groups in total. The molecule has 0 radical (unpaired) electrons. The molecule has 0 aliphatic carbocycles. The average molecular weight is 457 g/mol. The van der Waals surface area contributed by atoms with Gasteiger partial charge in [-0.05, 0) is 37.0 Å². The summed E-state index contributed by atoms with van der Waals surface area (Å²) in [6.07, 6.45) is 2.71. The number of carbonyl (C=O) groups is 2. The van der Waals surface area contributed by atoms with Crippen LogP contribution in [0.25, 0.3) is 0 Å². The first-order valence-electron chi connectivity index (χ1n) is 10.4. The third-order valence-corrected chi connectivity index (χ3v) is 6.57. The predicted molar refractivity (Wildman–Crippen MR) is 118 cm³/mol. The standard InChI is InChI=1S/C23H22F2N4O2S/c24-17-7-8-19(18(25)14-17)26-21(31)23-28-27-22(32-23)16-10-12-29(13-11-16)20(30)9-6-15-4-2-1-3-5-15/h1-5,7-8,14,16H,6,9-13H2,(H,26,31). The number of hydrogen-bond acceptors (Lipinski definition) is 5. The number of aromatic nitrogens is 2. The number of carbonyl (C=O) groups excluding carboxylic acids is 2. The molecule has 9 heteroatoms. The molecule has 4 rings (SSSR count). The Hall–Kier alpha value is -3.20. The highest BCUT2D eigenvalue weighted by Gasteiger charge is 2.27. The van der Waals surface area contributed by atoms with E-state index in [2.05, 4.69) is 15.5 Å². The highest BCUT2D eigenvalue weighted by molar-refractivity contribution is 7.13. The van der Waals surface area contributed by atoms with E-state index in [1.165, 1.54) is 0 Å². The van der Waals surface area contributed by atoms with Gasteiger partial charge in [0.2, 0.25) is 10.9 Å². The second-order valence-corrected chi connectivity index (χ2v) is 8.67. The lowest BCUT2D eigenvalue weighted by atomic mass is 9.97. The summed E-state index contributed by atoms with van der Waals surface area (Å²) in [5.41, 5.74) is 1.03. The third kappa shape index (κ3) is 5.34. The normalized spacial score (nSPS) is 14.4. The maximum atomic E-state index is 13.8. The minimum Gasteiger partial charge on any atom is -0.343 e. The largest absolute Gasteiger partial charge is 0.343 e. The molecule has 0 unspecified atom stereocenters. The van der Waals surface area contributed by atoms with Gasteiger partial charge in [0.15, 0.2) is 0 Å². The molecule has 1 saturated heterocycles. The van der Waals surface area contributed by atoms with Crippen molar-refractivity contribution in [2.24, 2.45) is 0 Å². The molecule has 2 heterocycles. The molecule has 32 heavy (non-hydrogen) atoms. The lowest BCUT2D eigenvalue weighted by molar-refractivity contribution is -0.132. The molecule has 1 aliphatic rings. The molecule has 0 atom stereocenters. The van der Waals surface area contributed by atoms with Gasteiger partial charge in [0.1, 0.15) is 16.6 Å². The number of likely N-dealkylation sites (tertiary alicyclic amines) is 1. The van der Waals surface area contributed by atoms with Crippen LogP contribution in [0.5, 0.6) is 0 Å². The molecule has 0 spiro atoms. The van der Waals surface area contributed by atoms with Crippen molar-refractivity contribution in [3.63, 3.8) is 0 Å². The number of anilines is 1. The fourth-order valence-electron chi connectivity index (χ4n) is 3.69. The number of nitrogens with zero attached hydrogens (tertiary/aromatic N) is 3. The van der Waals surface area contributed by atoms with Gasteiger partial charge in [-0.2, -0.15) is 0 Å². The number of hydrogen-bond donors (Lipinski definition) is 1. The van der Waals surface area contributed by atoms with Crippen LogP contribution >= 0.6 is 11.3 Å². The number of amides is 2. The van der Waals surface area contributed by atoms with Crippen LogP contribution in [-0.2, 0) is 11.2 Å². The number of benzene rings is 2. The Labute approximate surface area is 188 Å². The molecule has 6 nitrogen and oxygen atoms in total. The first-order chi connectivity index (χ1) is 15.5. The Balaban J connectivity index is 1.29. The van der Waals surface area contributed by atoms with Crippen LogP contribution in [-0.4, -0.2) is 40.0 Å². The topological polar surface area (TPSA) is 75.2 Å². The van der Waals surface area contributed by atoms with Gasteiger partial charge in [-0.15, -0.1) is 10.2 Å². The van der Waals surface area contributed by atoms with E-state index in [1.807, 2.05) is 35.2 Å². The Morgan fingerprint density at radius 3 is 2.53 bits per heavy atom. The van der Waals surface area contributed by atoms with Crippen LogP contribution in [0.1, 0.15) is 45.6 Å². The first-order valence-corrected chi connectivity index (χ1v) is 11.2. The van der Waals surface area contributed by atoms with E-state index < -0.39 is 17.5 Å². The van der Waals surface area contributed by atoms with E-state index in [9.17, 15) is 18.4 Å². The first kappa shape index (κ1) is 22.0. The van der Waals surface area contributed by atoms with Crippen molar-refractivity contribution in [2.45, 2.75) is 31.6 Å². The number of aryl methyl sites for hydroxylation is 1. The van der Waals surface area contributed by atoms with E-state index in [4.69, 9.17) is 0 Å². The maximum absolute atomic E-state index is 13.8. The molecule has 0 saturated carbocycles. The number of halogens is 2. The molecular formula is C23H22F2N4O2S. The second-order valence-electron chi connectivity index (χ2n) is 7.66. The van der Waals surface area contributed by atoms with Crippen molar-refractivity contribution in [1.29, 1.82) is 0 Å². The van der Waals surface area contributed by atoms with E-state index in [-0.39, 0.29) is 22.5 Å². The maximum Gasteiger partial charge on any atom is 0.286 e. The number of rotatable bonds is 6. The van der Waals surface area contributed by atoms with Crippen LogP contribution in [0, 0.1) is 11.6 Å². The van der Waals surface area contributed by atoms with Gasteiger partial charge in [0.05, 0.1) is 5.69 Å². The molecule has 1 aliphatic heterocycles. The summed E-state index contributed by atoms with van der Waals surface area (Å²) in [6, 6.07) is 12.9. The van der Waals surface area contributed by atoms with E-state index >= 15 is 0 Å². The molecule has 1 fully saturated rings. The summed E-state index contributed by atoms with van der Waals surface area (Å²) in [5.74, 6) is -1.90. The molecular weight excluding hydrogens is 434 g/mol. The minimum atomic E-state index is -0.854. The summed E-state index contributed by atoms with van der Waals surface area (Å²) >= 11 is 1.16. The zero-order valence-electron chi connectivity index (χ0n) is 17.3. The monoisotopic (exact) mass is 456 g/mol. The number of piperidine rings is 1. The fraction of sp³-hybridized carbons (Fsp3) is 0.304. The Kier molecular flexibility index (Phi) is 6.84. The van der Waals surface area contributed by atoms with Crippen LogP contribution in [0.2, 0.25) is 0 Å². The highest BCUT2D eigenvalue weighted by Crippen LogP contribution is 2.31. The molecule has 1 aromatic heterocycles. The zero-order chi connectivity index (χ0) is 22.5. The summed E-state index contributed by atoms with van der Waals surface area (Å²) in [7, 11) is 0. The third-order valence-electron chi connectivity index (χ3n) is 5.48. The van der Waals surface area contributed by atoms with Crippen LogP contribution in [0.15, 0.2) is 48.5 Å². The molecule has 0 bridgehead atoms. The summed E-state index contributed by atoms with van der Waals surface area (Å²) < 4.78 is 26.8. The summed E-state index contributed by atoms with van der Waals surface area (Å²) in [5, 5.41) is 11.3. The molecule has 3 aromatic rings. The Morgan fingerprint density at radius 1 is 1.06 bits per heavy atom. The summed E-state index contributed by atoms with van der Waals surface area (Å²) in [4.78, 5) is 26.8. The van der Waals surface area contributed by atoms with Gasteiger partial charge in [0.25, 0.3) is 5.91 Å². The van der Waals surface area contributed by atoms with E-state index in [0.717, 1.165) is 53.3 Å². The van der Waals surface area contributed by atoms with Gasteiger partial charge in [-0.1, -0.05) is 41.7 Å². The quantitative estimate of drug-likeness (QED) is 0.596.